The molecular weight excluding hydrogens is 747 g/mol. The zero-order valence-corrected chi connectivity index (χ0v) is 32.1. The Morgan fingerprint density at radius 1 is 0.719 bits per heavy atom. The number of fused-ring (bicyclic) bond motifs is 18. The van der Waals surface area contributed by atoms with Crippen molar-refractivity contribution in [1.29, 1.82) is 0 Å². The number of carbonyl (C=O) groups is 6. The van der Waals surface area contributed by atoms with Crippen molar-refractivity contribution in [3.8, 4) is 11.1 Å². The first kappa shape index (κ1) is 41.8. The lowest BCUT2D eigenvalue weighted by atomic mass is 9.90. The van der Waals surface area contributed by atoms with Crippen LogP contribution in [0.25, 0.3) is 11.1 Å². The molecule has 0 radical (unpaired) electrons. The second-order valence-electron chi connectivity index (χ2n) is 13.9. The summed E-state index contributed by atoms with van der Waals surface area (Å²) < 4.78 is 0. The molecule has 2 bridgehead atoms. The number of nitrogens with zero attached hydrogens (tertiary/aromatic N) is 1. The number of carbonyl (C=O) groups excluding carboxylic acids is 5. The Bertz CT molecular complexity index is 2030. The van der Waals surface area contributed by atoms with Crippen LogP contribution >= 0.6 is 11.3 Å². The van der Waals surface area contributed by atoms with Crippen molar-refractivity contribution >= 4 is 58.4 Å². The maximum absolute atomic E-state index is 14.3. The number of aliphatic imine (C=N–C) groups is 1. The Kier molecular flexibility index (Phi) is 15.1. The number of carboxylic acid groups (broad SMARTS) is 1. The normalized spacial score (nSPS) is 20.0. The van der Waals surface area contributed by atoms with Crippen LogP contribution in [-0.2, 0) is 48.0 Å². The van der Waals surface area contributed by atoms with Gasteiger partial charge < -0.3 is 37.8 Å². The Labute approximate surface area is 334 Å². The minimum absolute atomic E-state index is 0.00737. The van der Waals surface area contributed by atoms with E-state index in [-0.39, 0.29) is 57.5 Å². The molecule has 14 nitrogen and oxygen atoms in total. The summed E-state index contributed by atoms with van der Waals surface area (Å²) in [7, 11) is 0. The largest absolute Gasteiger partial charge is 0.481 e. The number of thiophene rings is 1. The summed E-state index contributed by atoms with van der Waals surface area (Å²) in [6.45, 7) is 0.158. The van der Waals surface area contributed by atoms with E-state index in [1.165, 1.54) is 11.3 Å². The Morgan fingerprint density at radius 3 is 2.02 bits per heavy atom. The molecule has 1 aromatic heterocycles. The van der Waals surface area contributed by atoms with Crippen molar-refractivity contribution in [2.45, 2.75) is 69.5 Å². The zero-order chi connectivity index (χ0) is 40.7. The highest BCUT2D eigenvalue weighted by Gasteiger charge is 2.32. The first-order valence-electron chi connectivity index (χ1n) is 18.7. The van der Waals surface area contributed by atoms with Crippen LogP contribution in [0.3, 0.4) is 0 Å². The van der Waals surface area contributed by atoms with Crippen molar-refractivity contribution in [3.63, 3.8) is 0 Å². The van der Waals surface area contributed by atoms with Gasteiger partial charge in [-0.15, -0.1) is 11.3 Å². The van der Waals surface area contributed by atoms with E-state index in [9.17, 15) is 33.9 Å². The maximum atomic E-state index is 14.3. The molecule has 3 aromatic carbocycles. The number of aliphatic carboxylic acids is 1. The van der Waals surface area contributed by atoms with Crippen molar-refractivity contribution in [1.82, 2.24) is 16.0 Å². The number of guanidine groups is 1. The molecule has 0 fully saturated rings. The number of ketones is 1. The number of hydrogen-bond donors (Lipinski definition) is 7. The predicted octanol–water partition coefficient (Wildman–Crippen LogP) is 3.34. The monoisotopic (exact) mass is 793 g/mol. The van der Waals surface area contributed by atoms with Gasteiger partial charge in [0.15, 0.2) is 11.7 Å². The Morgan fingerprint density at radius 2 is 1.37 bits per heavy atom. The molecule has 0 aliphatic carbocycles. The van der Waals surface area contributed by atoms with Gasteiger partial charge in [0, 0.05) is 49.2 Å². The van der Waals surface area contributed by atoms with E-state index in [4.69, 9.17) is 11.5 Å². The molecule has 298 valence electrons. The van der Waals surface area contributed by atoms with Crippen LogP contribution in [0.4, 0.5) is 5.69 Å². The highest BCUT2D eigenvalue weighted by atomic mass is 32.1. The van der Waals surface area contributed by atoms with Gasteiger partial charge in [-0.2, -0.15) is 0 Å². The fourth-order valence-electron chi connectivity index (χ4n) is 6.47. The lowest BCUT2D eigenvalue weighted by Gasteiger charge is -2.26. The molecule has 0 unspecified atom stereocenters. The molecule has 2 aliphatic rings. The van der Waals surface area contributed by atoms with Crippen molar-refractivity contribution in [2.75, 3.05) is 11.9 Å². The quantitative estimate of drug-likeness (QED) is 0.0539. The third kappa shape index (κ3) is 13.1. The number of rotatable bonds is 10. The van der Waals surface area contributed by atoms with Crippen LogP contribution in [0, 0.1) is 5.92 Å². The second-order valence-corrected chi connectivity index (χ2v) is 14.9. The summed E-state index contributed by atoms with van der Waals surface area (Å²) in [5.74, 6) is -5.27. The number of nitrogens with one attached hydrogen (secondary N) is 4. The third-order valence-electron chi connectivity index (χ3n) is 9.52. The smallest absolute Gasteiger partial charge is 0.307 e. The number of Topliss-reactive ketones (excluding diaryl/α,β-unsaturated/α-hetero) is 1. The van der Waals surface area contributed by atoms with Gasteiger partial charge in [-0.1, -0.05) is 72.8 Å². The average molecular weight is 794 g/mol. The highest BCUT2D eigenvalue weighted by Crippen LogP contribution is 2.22. The van der Waals surface area contributed by atoms with E-state index in [1.807, 2.05) is 72.1 Å². The first-order valence-corrected chi connectivity index (χ1v) is 19.6. The Balaban J connectivity index is 1.48. The van der Waals surface area contributed by atoms with Crippen LogP contribution in [0.1, 0.15) is 48.1 Å². The number of benzene rings is 3. The molecule has 3 heterocycles. The lowest BCUT2D eigenvalue weighted by Crippen LogP contribution is -2.57. The van der Waals surface area contributed by atoms with Gasteiger partial charge >= 0.3 is 5.97 Å². The summed E-state index contributed by atoms with van der Waals surface area (Å²) in [4.78, 5) is 85.5. The standard InChI is InChI=1S/C42H47N7O7S/c43-42(44)45-20-4-9-33-36(50)24-30(41(55)56)22-26-12-16-31(17-13-26)46-37(51)18-19-38(52)47-35(25-32-8-5-21-57-32)40(54)49-34(39(53)48-33)23-27-10-14-29(15-11-27)28-6-2-1-3-7-28/h1-3,5-8,10-17,21,30,33-35H,4,9,18-20,22-25H2,(H,46,51)(H,47,52)(H,48,53)(H,49,54)(H,55,56)(H4,43,44,45)/t30-,33-,34+,35-/m1/s1. The maximum Gasteiger partial charge on any atom is 0.307 e. The van der Waals surface area contributed by atoms with Crippen LogP contribution < -0.4 is 32.7 Å². The van der Waals surface area contributed by atoms with E-state index in [0.717, 1.165) is 16.0 Å². The molecule has 4 amide bonds. The molecule has 4 atom stereocenters. The fourth-order valence-corrected chi connectivity index (χ4v) is 7.22. The van der Waals surface area contributed by atoms with Gasteiger partial charge in [0.1, 0.15) is 12.1 Å². The summed E-state index contributed by atoms with van der Waals surface area (Å²) in [6.07, 6.45) is -0.247. The number of anilines is 1. The molecule has 0 saturated carbocycles. The van der Waals surface area contributed by atoms with Crippen LogP contribution in [-0.4, -0.2) is 71.1 Å². The third-order valence-corrected chi connectivity index (χ3v) is 10.4. The van der Waals surface area contributed by atoms with Gasteiger partial charge in [0.25, 0.3) is 0 Å². The van der Waals surface area contributed by atoms with Crippen LogP contribution in [0.15, 0.2) is 101 Å². The van der Waals surface area contributed by atoms with Gasteiger partial charge in [0.2, 0.25) is 23.6 Å². The first-order chi connectivity index (χ1) is 27.4. The molecular formula is C42H47N7O7S. The molecule has 0 spiro atoms. The SMILES string of the molecule is NC(N)=NCCC[C@H]1NC(=O)[C@H](Cc2ccc(-c3ccccc3)cc2)NC(=O)[C@@H](Cc2cccs2)NC(=O)CCC(=O)Nc2ccc(cc2)C[C@@H](C(=O)O)CC1=O. The fraction of sp³-hybridized carbons (Fsp3) is 0.310. The van der Waals surface area contributed by atoms with Gasteiger partial charge in [-0.3, -0.25) is 33.8 Å². The number of carboxylic acids is 1. The van der Waals surface area contributed by atoms with Crippen LogP contribution in [0.2, 0.25) is 0 Å². The zero-order valence-electron chi connectivity index (χ0n) is 31.3. The van der Waals surface area contributed by atoms with Crippen LogP contribution in [0.5, 0.6) is 0 Å². The molecule has 15 heteroatoms. The van der Waals surface area contributed by atoms with Gasteiger partial charge in [0.05, 0.1) is 12.0 Å². The average Bonchev–Trinajstić information content (AvgIpc) is 3.71. The number of nitrogens with two attached hydrogens (primary N) is 2. The van der Waals surface area contributed by atoms with Gasteiger partial charge in [-0.25, -0.2) is 0 Å². The molecule has 4 aromatic rings. The van der Waals surface area contributed by atoms with E-state index in [2.05, 4.69) is 26.3 Å². The Hall–Kier alpha value is -6.35. The summed E-state index contributed by atoms with van der Waals surface area (Å²) in [6, 6.07) is 24.0. The topological polar surface area (TPSA) is 235 Å². The summed E-state index contributed by atoms with van der Waals surface area (Å²) >= 11 is 1.40. The molecule has 57 heavy (non-hydrogen) atoms. The van der Waals surface area contributed by atoms with E-state index in [1.54, 1.807) is 24.3 Å². The molecule has 6 rings (SSSR count). The lowest BCUT2D eigenvalue weighted by molar-refractivity contribution is -0.144. The minimum atomic E-state index is -1.22. The van der Waals surface area contributed by atoms with E-state index >= 15 is 0 Å². The molecule has 9 N–H and O–H groups in total. The second kappa shape index (κ2) is 20.5. The van der Waals surface area contributed by atoms with Crippen molar-refractivity contribution < 1.29 is 33.9 Å². The number of hydrogen-bond acceptors (Lipinski definition) is 8. The summed E-state index contributed by atoms with van der Waals surface area (Å²) in [5, 5.41) is 23.1. The van der Waals surface area contributed by atoms with Crippen molar-refractivity contribution in [3.05, 3.63) is 112 Å². The van der Waals surface area contributed by atoms with Crippen molar-refractivity contribution in [2.24, 2.45) is 22.4 Å². The predicted molar refractivity (Wildman–Crippen MR) is 218 cm³/mol. The van der Waals surface area contributed by atoms with Gasteiger partial charge in [-0.05, 0) is 65.1 Å². The van der Waals surface area contributed by atoms with E-state index in [0.29, 0.717) is 16.8 Å². The molecule has 2 aliphatic heterocycles. The number of amides is 4. The highest BCUT2D eigenvalue weighted by molar-refractivity contribution is 7.09. The van der Waals surface area contributed by atoms with E-state index < -0.39 is 65.8 Å². The summed E-state index contributed by atoms with van der Waals surface area (Å²) in [5.41, 5.74) is 14.7. The minimum Gasteiger partial charge on any atom is -0.481 e. The molecule has 0 saturated heterocycles.